The molecule has 0 atom stereocenters. The van der Waals surface area contributed by atoms with Gasteiger partial charge in [-0.15, -0.1) is 0 Å². The van der Waals surface area contributed by atoms with Gasteiger partial charge >= 0.3 is 6.03 Å². The fraction of sp³-hybridized carbons (Fsp3) is 0.261. The summed E-state index contributed by atoms with van der Waals surface area (Å²) in [6.45, 7) is 1.43. The van der Waals surface area contributed by atoms with Crippen LogP contribution in [-0.2, 0) is 11.3 Å². The Kier molecular flexibility index (Phi) is 5.70. The number of hydrogen-bond donors (Lipinski definition) is 3. The Morgan fingerprint density at radius 3 is 2.65 bits per heavy atom. The molecule has 1 fully saturated rings. The Balaban J connectivity index is 1.64. The number of anilines is 1. The molecule has 0 bridgehead atoms. The van der Waals surface area contributed by atoms with Gasteiger partial charge in [-0.1, -0.05) is 24.6 Å². The van der Waals surface area contributed by atoms with Gasteiger partial charge in [0.05, 0.1) is 11.4 Å². The predicted molar refractivity (Wildman–Crippen MR) is 114 cm³/mol. The fourth-order valence-electron chi connectivity index (χ4n) is 3.59. The van der Waals surface area contributed by atoms with Gasteiger partial charge in [-0.05, 0) is 43.2 Å². The smallest absolute Gasteiger partial charge is 0.342 e. The molecule has 4 rings (SSSR count). The summed E-state index contributed by atoms with van der Waals surface area (Å²) in [7, 11) is 0. The number of hydrogen-bond acceptors (Lipinski definition) is 4. The van der Waals surface area contributed by atoms with Crippen molar-refractivity contribution >= 4 is 17.6 Å². The van der Waals surface area contributed by atoms with Crippen molar-refractivity contribution in [3.63, 3.8) is 0 Å². The van der Waals surface area contributed by atoms with E-state index in [9.17, 15) is 19.1 Å². The molecule has 3 aromatic rings. The van der Waals surface area contributed by atoms with Crippen LogP contribution < -0.4 is 10.6 Å². The molecule has 0 unspecified atom stereocenters. The van der Waals surface area contributed by atoms with Gasteiger partial charge in [-0.3, -0.25) is 4.79 Å². The van der Waals surface area contributed by atoms with E-state index in [2.05, 4.69) is 15.7 Å². The third kappa shape index (κ3) is 4.42. The van der Waals surface area contributed by atoms with E-state index in [1.54, 1.807) is 36.4 Å². The number of aromatic hydroxyl groups is 1. The number of phenolic OH excluding ortho intramolecular Hbond substituents is 1. The maximum absolute atomic E-state index is 13.9. The predicted octanol–water partition coefficient (Wildman–Crippen LogP) is 4.38. The van der Waals surface area contributed by atoms with Gasteiger partial charge in [0.25, 0.3) is 0 Å². The number of nitrogens with zero attached hydrogens (tertiary/aromatic N) is 2. The molecule has 0 saturated heterocycles. The van der Waals surface area contributed by atoms with Crippen LogP contribution in [0.5, 0.6) is 5.75 Å². The number of nitrogens with one attached hydrogen (secondary N) is 2. The number of carbonyl (C=O) groups excluding carboxylic acids is 2. The molecule has 31 heavy (non-hydrogen) atoms. The molecule has 1 heterocycles. The lowest BCUT2D eigenvalue weighted by atomic mass is 9.82. The lowest BCUT2D eigenvalue weighted by Gasteiger charge is -2.25. The molecule has 2 amide bonds. The van der Waals surface area contributed by atoms with Crippen LogP contribution in [0.25, 0.3) is 11.3 Å². The third-order valence-electron chi connectivity index (χ3n) is 5.43. The first-order valence-electron chi connectivity index (χ1n) is 10.1. The highest BCUT2D eigenvalue weighted by Gasteiger charge is 2.27. The molecule has 1 saturated carbocycles. The second kappa shape index (κ2) is 8.59. The topological polar surface area (TPSA) is 96.2 Å². The minimum Gasteiger partial charge on any atom is -0.507 e. The Morgan fingerprint density at radius 2 is 1.97 bits per heavy atom. The number of amides is 2. The molecule has 0 radical (unpaired) electrons. The van der Waals surface area contributed by atoms with E-state index in [4.69, 9.17) is 0 Å². The van der Waals surface area contributed by atoms with Crippen LogP contribution >= 0.6 is 0 Å². The maximum atomic E-state index is 13.9. The van der Waals surface area contributed by atoms with Crippen LogP contribution in [0.3, 0.4) is 0 Å². The minimum absolute atomic E-state index is 0.00863. The van der Waals surface area contributed by atoms with Crippen molar-refractivity contribution in [2.75, 3.05) is 5.32 Å². The molecule has 3 N–H and O–H groups in total. The number of halogens is 1. The van der Waals surface area contributed by atoms with Crippen molar-refractivity contribution in [1.29, 1.82) is 0 Å². The standard InChI is InChI=1S/C23H23FN4O3/c1-14(29)26-17-9-10-22(30)18(11-17)20-12-21(15-6-4-7-15)28(27-20)23(31)25-13-16-5-2-3-8-19(16)24/h2-3,5,8-12,15,30H,4,6-7,13H2,1H3,(H,25,31)(H,26,29). The summed E-state index contributed by atoms with van der Waals surface area (Å²) in [5, 5.41) is 20.2. The first kappa shape index (κ1) is 20.6. The monoisotopic (exact) mass is 422 g/mol. The second-order valence-electron chi connectivity index (χ2n) is 7.66. The molecular formula is C23H23FN4O3. The van der Waals surface area contributed by atoms with E-state index in [0.29, 0.717) is 22.5 Å². The van der Waals surface area contributed by atoms with Crippen molar-refractivity contribution < 1.29 is 19.1 Å². The quantitative estimate of drug-likeness (QED) is 0.532. The molecule has 1 aliphatic carbocycles. The summed E-state index contributed by atoms with van der Waals surface area (Å²) >= 11 is 0. The normalized spacial score (nSPS) is 13.5. The molecule has 7 nitrogen and oxygen atoms in total. The van der Waals surface area contributed by atoms with Crippen LogP contribution in [0.4, 0.5) is 14.9 Å². The van der Waals surface area contributed by atoms with Crippen molar-refractivity contribution in [2.24, 2.45) is 0 Å². The fourth-order valence-corrected chi connectivity index (χ4v) is 3.59. The number of phenols is 1. The summed E-state index contributed by atoms with van der Waals surface area (Å²) in [5.41, 5.74) is 2.48. The van der Waals surface area contributed by atoms with Crippen LogP contribution in [0, 0.1) is 5.82 Å². The summed E-state index contributed by atoms with van der Waals surface area (Å²) in [4.78, 5) is 24.3. The summed E-state index contributed by atoms with van der Waals surface area (Å²) in [6.07, 6.45) is 2.97. The van der Waals surface area contributed by atoms with E-state index in [0.717, 1.165) is 25.0 Å². The van der Waals surface area contributed by atoms with E-state index < -0.39 is 6.03 Å². The first-order valence-corrected chi connectivity index (χ1v) is 10.1. The zero-order valence-corrected chi connectivity index (χ0v) is 17.1. The van der Waals surface area contributed by atoms with Gasteiger partial charge in [0.15, 0.2) is 0 Å². The second-order valence-corrected chi connectivity index (χ2v) is 7.66. The Hall–Kier alpha value is -3.68. The van der Waals surface area contributed by atoms with Gasteiger partial charge in [0, 0.05) is 36.2 Å². The van der Waals surface area contributed by atoms with Gasteiger partial charge in [-0.25, -0.2) is 9.18 Å². The zero-order valence-electron chi connectivity index (χ0n) is 17.1. The van der Waals surface area contributed by atoms with E-state index in [1.807, 2.05) is 0 Å². The van der Waals surface area contributed by atoms with Crippen molar-refractivity contribution in [3.8, 4) is 17.0 Å². The van der Waals surface area contributed by atoms with Crippen molar-refractivity contribution in [1.82, 2.24) is 15.1 Å². The summed E-state index contributed by atoms with van der Waals surface area (Å²) in [6, 6.07) is 12.3. The molecule has 0 spiro atoms. The molecule has 2 aromatic carbocycles. The van der Waals surface area contributed by atoms with Gasteiger partial charge in [0.1, 0.15) is 11.6 Å². The van der Waals surface area contributed by atoms with Gasteiger partial charge in [-0.2, -0.15) is 9.78 Å². The van der Waals surface area contributed by atoms with E-state index >= 15 is 0 Å². The van der Waals surface area contributed by atoms with Crippen LogP contribution in [0.1, 0.15) is 43.4 Å². The third-order valence-corrected chi connectivity index (χ3v) is 5.43. The Labute approximate surface area is 178 Å². The number of rotatable bonds is 5. The minimum atomic E-state index is -0.464. The van der Waals surface area contributed by atoms with Gasteiger partial charge < -0.3 is 15.7 Å². The Morgan fingerprint density at radius 1 is 1.19 bits per heavy atom. The Bertz CT molecular complexity index is 1140. The molecule has 8 heteroatoms. The highest BCUT2D eigenvalue weighted by molar-refractivity contribution is 5.90. The molecule has 0 aliphatic heterocycles. The van der Waals surface area contributed by atoms with E-state index in [-0.39, 0.29) is 29.9 Å². The van der Waals surface area contributed by atoms with Crippen molar-refractivity contribution in [2.45, 2.75) is 38.6 Å². The average molecular weight is 422 g/mol. The first-order chi connectivity index (χ1) is 14.9. The SMILES string of the molecule is CC(=O)Nc1ccc(O)c(-c2cc(C3CCC3)n(C(=O)NCc3ccccc3F)n2)c1. The molecule has 1 aliphatic rings. The number of benzene rings is 2. The summed E-state index contributed by atoms with van der Waals surface area (Å²) in [5.74, 6) is -0.431. The number of carbonyl (C=O) groups is 2. The maximum Gasteiger partial charge on any atom is 0.342 e. The highest BCUT2D eigenvalue weighted by Crippen LogP contribution is 2.39. The van der Waals surface area contributed by atoms with Crippen LogP contribution in [-0.4, -0.2) is 26.8 Å². The van der Waals surface area contributed by atoms with Crippen LogP contribution in [0.15, 0.2) is 48.5 Å². The lowest BCUT2D eigenvalue weighted by molar-refractivity contribution is -0.114. The summed E-state index contributed by atoms with van der Waals surface area (Å²) < 4.78 is 15.2. The zero-order chi connectivity index (χ0) is 22.0. The van der Waals surface area contributed by atoms with Crippen molar-refractivity contribution in [3.05, 3.63) is 65.6 Å². The highest BCUT2D eigenvalue weighted by atomic mass is 19.1. The average Bonchev–Trinajstić information content (AvgIpc) is 3.11. The van der Waals surface area contributed by atoms with Crippen LogP contribution in [0.2, 0.25) is 0 Å². The largest absolute Gasteiger partial charge is 0.507 e. The molecule has 160 valence electrons. The molecular weight excluding hydrogens is 399 g/mol. The lowest BCUT2D eigenvalue weighted by Crippen LogP contribution is -2.31. The number of aromatic nitrogens is 2. The molecule has 1 aromatic heterocycles. The van der Waals surface area contributed by atoms with E-state index in [1.165, 1.54) is 23.7 Å². The van der Waals surface area contributed by atoms with Gasteiger partial charge in [0.2, 0.25) is 5.91 Å².